The molecule has 0 bridgehead atoms. The first-order valence-electron chi connectivity index (χ1n) is 8.94. The van der Waals surface area contributed by atoms with Gasteiger partial charge in [-0.1, -0.05) is 49.5 Å². The summed E-state index contributed by atoms with van der Waals surface area (Å²) in [6, 6.07) is 3.05. The number of amides is 4. The second-order valence-corrected chi connectivity index (χ2v) is 7.82. The van der Waals surface area contributed by atoms with Crippen molar-refractivity contribution in [3.05, 3.63) is 28.2 Å². The summed E-state index contributed by atoms with van der Waals surface area (Å²) in [6.07, 6.45) is 1.16. The standard InChI is InChI=1S/C18H22Cl2N4O3/c1-3-9(2)14-17(26)24-8-10(7-13(24)16(25)22-14)21-18(27)23-15-11(19)5-4-6-12(15)20/h4-6,9-10,13-14H,3,7-8H2,1-2H3,(H,22,25)(H2,21,23,27)/t9-,10-,13-,14-/m0/s1. The Labute approximate surface area is 167 Å². The molecule has 0 radical (unpaired) electrons. The number of hydrogen-bond donors (Lipinski definition) is 3. The Morgan fingerprint density at radius 1 is 1.33 bits per heavy atom. The fraction of sp³-hybridized carbons (Fsp3) is 0.500. The summed E-state index contributed by atoms with van der Waals surface area (Å²) >= 11 is 12.1. The van der Waals surface area contributed by atoms with E-state index >= 15 is 0 Å². The molecule has 0 aromatic heterocycles. The fourth-order valence-corrected chi connectivity index (χ4v) is 3.99. The third-order valence-corrected chi connectivity index (χ3v) is 5.83. The lowest BCUT2D eigenvalue weighted by Gasteiger charge is -2.36. The van der Waals surface area contributed by atoms with Crippen LogP contribution in [0.2, 0.25) is 10.0 Å². The minimum Gasteiger partial charge on any atom is -0.342 e. The van der Waals surface area contributed by atoms with Gasteiger partial charge in [0.25, 0.3) is 0 Å². The molecule has 27 heavy (non-hydrogen) atoms. The molecule has 146 valence electrons. The van der Waals surface area contributed by atoms with Crippen LogP contribution in [0.25, 0.3) is 0 Å². The molecule has 3 N–H and O–H groups in total. The Morgan fingerprint density at radius 2 is 2.00 bits per heavy atom. The molecule has 2 fully saturated rings. The molecule has 4 atom stereocenters. The van der Waals surface area contributed by atoms with E-state index in [9.17, 15) is 14.4 Å². The van der Waals surface area contributed by atoms with Gasteiger partial charge in [-0.05, 0) is 24.5 Å². The van der Waals surface area contributed by atoms with Gasteiger partial charge < -0.3 is 20.9 Å². The number of urea groups is 1. The van der Waals surface area contributed by atoms with E-state index in [0.717, 1.165) is 6.42 Å². The first-order valence-corrected chi connectivity index (χ1v) is 9.69. The Morgan fingerprint density at radius 3 is 2.63 bits per heavy atom. The number of fused-ring (bicyclic) bond motifs is 1. The van der Waals surface area contributed by atoms with Crippen molar-refractivity contribution in [2.45, 2.75) is 44.8 Å². The van der Waals surface area contributed by atoms with Gasteiger partial charge in [0.15, 0.2) is 0 Å². The van der Waals surface area contributed by atoms with E-state index in [1.807, 2.05) is 13.8 Å². The fourth-order valence-electron chi connectivity index (χ4n) is 3.50. The number of halogens is 2. The third-order valence-electron chi connectivity index (χ3n) is 5.20. The summed E-state index contributed by atoms with van der Waals surface area (Å²) in [6.45, 7) is 4.22. The molecular formula is C18H22Cl2N4O3. The largest absolute Gasteiger partial charge is 0.342 e. The van der Waals surface area contributed by atoms with E-state index in [1.165, 1.54) is 0 Å². The number of carbonyl (C=O) groups is 3. The average Bonchev–Trinajstić information content (AvgIpc) is 3.05. The summed E-state index contributed by atoms with van der Waals surface area (Å²) < 4.78 is 0. The molecule has 1 aromatic rings. The number of para-hydroxylation sites is 1. The number of nitrogens with one attached hydrogen (secondary N) is 3. The van der Waals surface area contributed by atoms with E-state index in [0.29, 0.717) is 28.7 Å². The first kappa shape index (κ1) is 19.8. The van der Waals surface area contributed by atoms with Crippen molar-refractivity contribution in [2.24, 2.45) is 5.92 Å². The minimum absolute atomic E-state index is 0.0556. The summed E-state index contributed by atoms with van der Waals surface area (Å²) in [4.78, 5) is 39.0. The molecule has 0 spiro atoms. The van der Waals surface area contributed by atoms with E-state index in [2.05, 4.69) is 16.0 Å². The van der Waals surface area contributed by atoms with Crippen molar-refractivity contribution in [3.63, 3.8) is 0 Å². The Balaban J connectivity index is 1.64. The maximum atomic E-state index is 12.7. The molecule has 2 aliphatic heterocycles. The van der Waals surface area contributed by atoms with Crippen LogP contribution in [0.15, 0.2) is 18.2 Å². The van der Waals surface area contributed by atoms with Crippen LogP contribution in [0.3, 0.4) is 0 Å². The van der Waals surface area contributed by atoms with Gasteiger partial charge in [0.1, 0.15) is 12.1 Å². The van der Waals surface area contributed by atoms with E-state index in [4.69, 9.17) is 23.2 Å². The molecule has 3 rings (SSSR count). The van der Waals surface area contributed by atoms with Crippen LogP contribution in [0.5, 0.6) is 0 Å². The van der Waals surface area contributed by atoms with Crippen LogP contribution >= 0.6 is 23.2 Å². The van der Waals surface area contributed by atoms with Crippen LogP contribution in [0, 0.1) is 5.92 Å². The molecular weight excluding hydrogens is 391 g/mol. The van der Waals surface area contributed by atoms with Crippen LogP contribution in [0.1, 0.15) is 26.7 Å². The Bertz CT molecular complexity index is 753. The SMILES string of the molecule is CC[C@H](C)[C@@H]1NC(=O)[C@@H]2C[C@H](NC(=O)Nc3c(Cl)cccc3Cl)CN2C1=O. The zero-order chi connectivity index (χ0) is 19.7. The average molecular weight is 413 g/mol. The Hall–Kier alpha value is -1.99. The van der Waals surface area contributed by atoms with Gasteiger partial charge in [0.2, 0.25) is 11.8 Å². The first-order chi connectivity index (χ1) is 12.8. The lowest BCUT2D eigenvalue weighted by atomic mass is 9.95. The molecule has 2 saturated heterocycles. The van der Waals surface area contributed by atoms with Gasteiger partial charge in [-0.15, -0.1) is 0 Å². The number of nitrogens with zero attached hydrogens (tertiary/aromatic N) is 1. The zero-order valence-electron chi connectivity index (χ0n) is 15.1. The zero-order valence-corrected chi connectivity index (χ0v) is 16.6. The van der Waals surface area contributed by atoms with Crippen LogP contribution in [-0.4, -0.2) is 47.4 Å². The molecule has 1 aromatic carbocycles. The molecule has 0 saturated carbocycles. The number of carbonyl (C=O) groups excluding carboxylic acids is 3. The molecule has 7 nitrogen and oxygen atoms in total. The minimum atomic E-state index is -0.549. The van der Waals surface area contributed by atoms with Gasteiger partial charge >= 0.3 is 6.03 Å². The van der Waals surface area contributed by atoms with Crippen molar-refractivity contribution in [3.8, 4) is 0 Å². The lowest BCUT2D eigenvalue weighted by Crippen LogP contribution is -2.62. The van der Waals surface area contributed by atoms with Crippen LogP contribution < -0.4 is 16.0 Å². The van der Waals surface area contributed by atoms with Crippen molar-refractivity contribution >= 4 is 46.7 Å². The van der Waals surface area contributed by atoms with Crippen LogP contribution in [-0.2, 0) is 9.59 Å². The summed E-state index contributed by atoms with van der Waals surface area (Å²) in [5.41, 5.74) is 0.319. The monoisotopic (exact) mass is 412 g/mol. The highest BCUT2D eigenvalue weighted by molar-refractivity contribution is 6.39. The Kier molecular flexibility index (Phi) is 5.81. The van der Waals surface area contributed by atoms with E-state index in [1.54, 1.807) is 23.1 Å². The third kappa shape index (κ3) is 3.99. The molecule has 2 heterocycles. The second kappa shape index (κ2) is 7.94. The molecule has 9 heteroatoms. The highest BCUT2D eigenvalue weighted by atomic mass is 35.5. The number of piperazine rings is 1. The molecule has 0 aliphatic carbocycles. The summed E-state index contributed by atoms with van der Waals surface area (Å²) in [5.74, 6) is -0.202. The summed E-state index contributed by atoms with van der Waals surface area (Å²) in [5, 5.41) is 8.90. The quantitative estimate of drug-likeness (QED) is 0.709. The second-order valence-electron chi connectivity index (χ2n) is 7.01. The number of hydrogen-bond acceptors (Lipinski definition) is 3. The molecule has 2 aliphatic rings. The lowest BCUT2D eigenvalue weighted by molar-refractivity contribution is -0.148. The highest BCUT2D eigenvalue weighted by Gasteiger charge is 2.47. The van der Waals surface area contributed by atoms with Gasteiger partial charge in [-0.3, -0.25) is 9.59 Å². The normalized spacial score (nSPS) is 25.6. The van der Waals surface area contributed by atoms with Crippen molar-refractivity contribution in [1.82, 2.24) is 15.5 Å². The number of anilines is 1. The molecule has 0 unspecified atom stereocenters. The maximum absolute atomic E-state index is 12.7. The van der Waals surface area contributed by atoms with Gasteiger partial charge in [0, 0.05) is 6.54 Å². The maximum Gasteiger partial charge on any atom is 0.319 e. The van der Waals surface area contributed by atoms with Gasteiger partial charge in [-0.2, -0.15) is 0 Å². The number of benzene rings is 1. The molecule has 4 amide bonds. The van der Waals surface area contributed by atoms with Gasteiger partial charge in [0.05, 0.1) is 21.8 Å². The van der Waals surface area contributed by atoms with Crippen molar-refractivity contribution in [2.75, 3.05) is 11.9 Å². The highest BCUT2D eigenvalue weighted by Crippen LogP contribution is 2.30. The van der Waals surface area contributed by atoms with Gasteiger partial charge in [-0.25, -0.2) is 4.79 Å². The predicted octanol–water partition coefficient (Wildman–Crippen LogP) is 2.63. The number of rotatable bonds is 4. The topological polar surface area (TPSA) is 90.5 Å². The smallest absolute Gasteiger partial charge is 0.319 e. The van der Waals surface area contributed by atoms with Crippen LogP contribution in [0.4, 0.5) is 10.5 Å². The predicted molar refractivity (Wildman–Crippen MR) is 104 cm³/mol. The summed E-state index contributed by atoms with van der Waals surface area (Å²) in [7, 11) is 0. The van der Waals surface area contributed by atoms with Crippen molar-refractivity contribution < 1.29 is 14.4 Å². The van der Waals surface area contributed by atoms with Crippen molar-refractivity contribution in [1.29, 1.82) is 0 Å². The van der Waals surface area contributed by atoms with E-state index in [-0.39, 0.29) is 23.8 Å². The van der Waals surface area contributed by atoms with E-state index < -0.39 is 18.1 Å².